The molecule has 1 aromatic heterocycles. The van der Waals surface area contributed by atoms with Crippen molar-refractivity contribution < 1.29 is 13.2 Å². The molecule has 2 N–H and O–H groups in total. The highest BCUT2D eigenvalue weighted by Crippen LogP contribution is 2.28. The first-order valence-corrected chi connectivity index (χ1v) is 12.0. The van der Waals surface area contributed by atoms with Gasteiger partial charge in [-0.1, -0.05) is 22.9 Å². The second-order valence-electron chi connectivity index (χ2n) is 7.01. The Hall–Kier alpha value is -2.94. The number of halogens is 1. The van der Waals surface area contributed by atoms with Crippen molar-refractivity contribution in [2.75, 3.05) is 10.0 Å². The lowest BCUT2D eigenvalue weighted by Gasteiger charge is -2.09. The monoisotopic (exact) mass is 471 g/mol. The molecule has 4 aromatic rings. The Morgan fingerprint density at radius 3 is 2.29 bits per heavy atom. The van der Waals surface area contributed by atoms with Crippen LogP contribution in [0.4, 0.5) is 10.8 Å². The maximum atomic E-state index is 12.6. The first kappa shape index (κ1) is 21.3. The number of anilines is 2. The summed E-state index contributed by atoms with van der Waals surface area (Å²) in [6, 6.07) is 16.1. The minimum atomic E-state index is -3.75. The molecule has 9 heteroatoms. The SMILES string of the molecule is Cc1cc2nc(NC(=O)c3ccc(NS(=O)(=O)c4ccc(Cl)cc4)cc3)sc2cc1C. The molecule has 0 saturated heterocycles. The van der Waals surface area contributed by atoms with Crippen LogP contribution in [-0.2, 0) is 10.0 Å². The third-order valence-corrected chi connectivity index (χ3v) is 7.33. The van der Waals surface area contributed by atoms with Crippen molar-refractivity contribution >= 4 is 59.9 Å². The third kappa shape index (κ3) is 4.71. The largest absolute Gasteiger partial charge is 0.298 e. The summed E-state index contributed by atoms with van der Waals surface area (Å²) in [5, 5.41) is 3.77. The number of hydrogen-bond acceptors (Lipinski definition) is 5. The van der Waals surface area contributed by atoms with Crippen LogP contribution in [0.3, 0.4) is 0 Å². The summed E-state index contributed by atoms with van der Waals surface area (Å²) in [7, 11) is -3.75. The van der Waals surface area contributed by atoms with Crippen molar-refractivity contribution in [1.82, 2.24) is 4.98 Å². The van der Waals surface area contributed by atoms with Gasteiger partial charge in [0, 0.05) is 16.3 Å². The second kappa shape index (κ2) is 8.30. The van der Waals surface area contributed by atoms with Gasteiger partial charge in [0.1, 0.15) is 0 Å². The van der Waals surface area contributed by atoms with E-state index in [1.165, 1.54) is 53.3 Å². The van der Waals surface area contributed by atoms with Crippen molar-refractivity contribution in [3.63, 3.8) is 0 Å². The summed E-state index contributed by atoms with van der Waals surface area (Å²) < 4.78 is 28.4. The van der Waals surface area contributed by atoms with Crippen LogP contribution in [0.5, 0.6) is 0 Å². The predicted molar refractivity (Wildman–Crippen MR) is 126 cm³/mol. The van der Waals surface area contributed by atoms with Gasteiger partial charge in [0.05, 0.1) is 15.1 Å². The van der Waals surface area contributed by atoms with Crippen LogP contribution in [0, 0.1) is 13.8 Å². The molecule has 0 aliphatic rings. The lowest BCUT2D eigenvalue weighted by Crippen LogP contribution is -2.14. The predicted octanol–water partition coefficient (Wildman–Crippen LogP) is 5.62. The average molecular weight is 472 g/mol. The van der Waals surface area contributed by atoms with Crippen LogP contribution in [0.2, 0.25) is 5.02 Å². The molecule has 0 radical (unpaired) electrons. The summed E-state index contributed by atoms with van der Waals surface area (Å²) in [5.41, 5.74) is 3.90. The zero-order chi connectivity index (χ0) is 22.2. The van der Waals surface area contributed by atoms with Crippen LogP contribution < -0.4 is 10.0 Å². The Kier molecular flexibility index (Phi) is 5.70. The quantitative estimate of drug-likeness (QED) is 0.395. The number of amides is 1. The molecule has 3 aromatic carbocycles. The van der Waals surface area contributed by atoms with E-state index < -0.39 is 10.0 Å². The first-order valence-electron chi connectivity index (χ1n) is 9.29. The number of fused-ring (bicyclic) bond motifs is 1. The molecule has 0 fully saturated rings. The average Bonchev–Trinajstić information content (AvgIpc) is 3.09. The Balaban J connectivity index is 1.47. The zero-order valence-electron chi connectivity index (χ0n) is 16.6. The minimum Gasteiger partial charge on any atom is -0.298 e. The molecule has 0 aliphatic carbocycles. The van der Waals surface area contributed by atoms with Crippen LogP contribution in [0.1, 0.15) is 21.5 Å². The van der Waals surface area contributed by atoms with E-state index in [-0.39, 0.29) is 10.8 Å². The number of aromatic nitrogens is 1. The number of benzene rings is 3. The molecule has 1 heterocycles. The molecule has 0 saturated carbocycles. The van der Waals surface area contributed by atoms with Gasteiger partial charge in [-0.25, -0.2) is 13.4 Å². The number of thiazole rings is 1. The third-order valence-electron chi connectivity index (χ3n) is 4.75. The lowest BCUT2D eigenvalue weighted by atomic mass is 10.1. The van der Waals surface area contributed by atoms with Crippen molar-refractivity contribution in [2.45, 2.75) is 18.7 Å². The molecule has 4 rings (SSSR count). The van der Waals surface area contributed by atoms with E-state index >= 15 is 0 Å². The van der Waals surface area contributed by atoms with Gasteiger partial charge in [-0.05, 0) is 85.6 Å². The molecule has 1 amide bonds. The van der Waals surface area contributed by atoms with Gasteiger partial charge >= 0.3 is 0 Å². The van der Waals surface area contributed by atoms with E-state index in [9.17, 15) is 13.2 Å². The highest BCUT2D eigenvalue weighted by atomic mass is 35.5. The number of aryl methyl sites for hydroxylation is 2. The summed E-state index contributed by atoms with van der Waals surface area (Å²) in [4.78, 5) is 17.1. The molecule has 158 valence electrons. The van der Waals surface area contributed by atoms with E-state index in [1.54, 1.807) is 12.1 Å². The number of rotatable bonds is 5. The maximum Gasteiger partial charge on any atom is 0.261 e. The standard InChI is InChI=1S/C22H18ClN3O3S2/c1-13-11-19-20(12-14(13)2)30-22(24-19)25-21(27)15-3-7-17(8-4-15)26-31(28,29)18-9-5-16(23)6-10-18/h3-12,26H,1-2H3,(H,24,25,27). The van der Waals surface area contributed by atoms with Gasteiger partial charge in [-0.2, -0.15) is 0 Å². The van der Waals surface area contributed by atoms with E-state index in [2.05, 4.69) is 21.1 Å². The van der Waals surface area contributed by atoms with Gasteiger partial charge in [0.25, 0.3) is 15.9 Å². The van der Waals surface area contributed by atoms with Crippen LogP contribution in [0.25, 0.3) is 10.2 Å². The first-order chi connectivity index (χ1) is 14.7. The summed E-state index contributed by atoms with van der Waals surface area (Å²) >= 11 is 7.22. The van der Waals surface area contributed by atoms with E-state index in [0.29, 0.717) is 21.4 Å². The highest BCUT2D eigenvalue weighted by molar-refractivity contribution is 7.92. The molecular formula is C22H18ClN3O3S2. The molecule has 6 nitrogen and oxygen atoms in total. The van der Waals surface area contributed by atoms with Crippen LogP contribution >= 0.6 is 22.9 Å². The molecule has 0 bridgehead atoms. The normalized spacial score (nSPS) is 11.5. The van der Waals surface area contributed by atoms with Gasteiger partial charge in [-0.3, -0.25) is 14.8 Å². The van der Waals surface area contributed by atoms with Gasteiger partial charge < -0.3 is 0 Å². The van der Waals surface area contributed by atoms with Crippen LogP contribution in [-0.4, -0.2) is 19.3 Å². The van der Waals surface area contributed by atoms with Crippen molar-refractivity contribution in [3.05, 3.63) is 82.4 Å². The fourth-order valence-electron chi connectivity index (χ4n) is 2.92. The fourth-order valence-corrected chi connectivity index (χ4v) is 5.05. The highest BCUT2D eigenvalue weighted by Gasteiger charge is 2.15. The molecule has 0 aliphatic heterocycles. The molecule has 0 unspecified atom stereocenters. The number of nitrogens with one attached hydrogen (secondary N) is 2. The van der Waals surface area contributed by atoms with Crippen molar-refractivity contribution in [3.8, 4) is 0 Å². The Morgan fingerprint density at radius 2 is 1.61 bits per heavy atom. The summed E-state index contributed by atoms with van der Waals surface area (Å²) in [6.45, 7) is 4.06. The Morgan fingerprint density at radius 1 is 0.968 bits per heavy atom. The molecule has 0 spiro atoms. The number of carbonyl (C=O) groups excluding carboxylic acids is 1. The van der Waals surface area contributed by atoms with E-state index in [1.807, 2.05) is 19.9 Å². The minimum absolute atomic E-state index is 0.0972. The number of sulfonamides is 1. The number of carbonyl (C=O) groups is 1. The Labute approximate surface area is 189 Å². The van der Waals surface area contributed by atoms with Crippen LogP contribution in [0.15, 0.2) is 65.6 Å². The topological polar surface area (TPSA) is 88.2 Å². The fraction of sp³-hybridized carbons (Fsp3) is 0.0909. The van der Waals surface area contributed by atoms with Gasteiger partial charge in [0.2, 0.25) is 0 Å². The smallest absolute Gasteiger partial charge is 0.261 e. The van der Waals surface area contributed by atoms with Gasteiger partial charge in [-0.15, -0.1) is 0 Å². The number of nitrogens with zero attached hydrogens (tertiary/aromatic N) is 1. The zero-order valence-corrected chi connectivity index (χ0v) is 19.0. The van der Waals surface area contributed by atoms with Gasteiger partial charge in [0.15, 0.2) is 5.13 Å². The summed E-state index contributed by atoms with van der Waals surface area (Å²) in [5.74, 6) is -0.320. The molecule has 0 atom stereocenters. The molecular weight excluding hydrogens is 454 g/mol. The van der Waals surface area contributed by atoms with E-state index in [0.717, 1.165) is 15.8 Å². The van der Waals surface area contributed by atoms with E-state index in [4.69, 9.17) is 11.6 Å². The number of hydrogen-bond donors (Lipinski definition) is 2. The maximum absolute atomic E-state index is 12.6. The van der Waals surface area contributed by atoms with Crippen molar-refractivity contribution in [2.24, 2.45) is 0 Å². The summed E-state index contributed by atoms with van der Waals surface area (Å²) in [6.07, 6.45) is 0. The Bertz CT molecular complexity index is 1340. The van der Waals surface area contributed by atoms with Crippen molar-refractivity contribution in [1.29, 1.82) is 0 Å². The molecule has 31 heavy (non-hydrogen) atoms. The lowest BCUT2D eigenvalue weighted by molar-refractivity contribution is 0.102. The second-order valence-corrected chi connectivity index (χ2v) is 10.2.